The Bertz CT molecular complexity index is 927. The van der Waals surface area contributed by atoms with Gasteiger partial charge in [-0.05, 0) is 39.5 Å². The second kappa shape index (κ2) is 12.8. The lowest BCUT2D eigenvalue weighted by Gasteiger charge is -2.31. The number of allylic oxidation sites excluding steroid dienone is 1. The van der Waals surface area contributed by atoms with Gasteiger partial charge in [-0.3, -0.25) is 10.1 Å². The van der Waals surface area contributed by atoms with Gasteiger partial charge in [0.1, 0.15) is 5.75 Å². The first-order chi connectivity index (χ1) is 16.2. The lowest BCUT2D eigenvalue weighted by Crippen LogP contribution is -2.46. The monoisotopic (exact) mass is 477 g/mol. The van der Waals surface area contributed by atoms with E-state index >= 15 is 0 Å². The van der Waals surface area contributed by atoms with Crippen molar-refractivity contribution in [3.63, 3.8) is 0 Å². The quantitative estimate of drug-likeness (QED) is 0.234. The van der Waals surface area contributed by atoms with Gasteiger partial charge >= 0.3 is 17.7 Å². The Hall–Kier alpha value is -3.30. The number of ether oxygens (including phenoxy) is 3. The van der Waals surface area contributed by atoms with Crippen molar-refractivity contribution in [3.8, 4) is 11.5 Å². The molecule has 0 saturated carbocycles. The molecule has 2 amide bonds. The van der Waals surface area contributed by atoms with E-state index < -0.39 is 23.0 Å². The standard InChI is InChI=1S/C24H35N3O7/c1-6-9-10-17-21(23(28)34-15(4)5)22(26-24(29)25-17)16-13-18(27(30)31)20(33-12-8-3)14-19(16)32-11-7-2/h13-15,22H,6-12H2,1-5H3,(H2,25,26,29). The fraction of sp³-hybridized carbons (Fsp3) is 0.583. The number of nitro groups is 1. The predicted molar refractivity (Wildman–Crippen MR) is 127 cm³/mol. The zero-order chi connectivity index (χ0) is 25.3. The highest BCUT2D eigenvalue weighted by molar-refractivity contribution is 5.95. The minimum atomic E-state index is -0.988. The van der Waals surface area contributed by atoms with E-state index in [2.05, 4.69) is 10.6 Å². The largest absolute Gasteiger partial charge is 0.493 e. The highest BCUT2D eigenvalue weighted by Crippen LogP contribution is 2.41. The number of carbonyl (C=O) groups is 2. The van der Waals surface area contributed by atoms with Crippen LogP contribution in [0.4, 0.5) is 10.5 Å². The number of esters is 1. The number of carbonyl (C=O) groups excluding carboxylic acids is 2. The van der Waals surface area contributed by atoms with Crippen LogP contribution in [0.1, 0.15) is 78.3 Å². The van der Waals surface area contributed by atoms with Crippen molar-refractivity contribution in [3.05, 3.63) is 39.1 Å². The van der Waals surface area contributed by atoms with Gasteiger partial charge in [-0.25, -0.2) is 9.59 Å². The summed E-state index contributed by atoms with van der Waals surface area (Å²) >= 11 is 0. The molecule has 0 radical (unpaired) electrons. The Kier molecular flexibility index (Phi) is 10.2. The van der Waals surface area contributed by atoms with Crippen molar-refractivity contribution in [1.29, 1.82) is 0 Å². The van der Waals surface area contributed by atoms with E-state index in [1.54, 1.807) is 13.8 Å². The van der Waals surface area contributed by atoms with E-state index in [4.69, 9.17) is 14.2 Å². The van der Waals surface area contributed by atoms with E-state index in [-0.39, 0.29) is 23.1 Å². The van der Waals surface area contributed by atoms with Crippen molar-refractivity contribution in [2.45, 2.75) is 78.9 Å². The minimum absolute atomic E-state index is 0.0726. The van der Waals surface area contributed by atoms with Gasteiger partial charge in [0.15, 0.2) is 0 Å². The number of nitrogens with zero attached hydrogens (tertiary/aromatic N) is 1. The number of amides is 2. The summed E-state index contributed by atoms with van der Waals surface area (Å²) in [6, 6.07) is 1.28. The third kappa shape index (κ3) is 6.85. The molecule has 0 aromatic heterocycles. The molecule has 1 heterocycles. The van der Waals surface area contributed by atoms with Gasteiger partial charge in [0.05, 0.1) is 35.9 Å². The Morgan fingerprint density at radius 1 is 1.09 bits per heavy atom. The molecular weight excluding hydrogens is 442 g/mol. The molecule has 10 heteroatoms. The van der Waals surface area contributed by atoms with Crippen molar-refractivity contribution in [2.75, 3.05) is 13.2 Å². The molecule has 10 nitrogen and oxygen atoms in total. The smallest absolute Gasteiger partial charge is 0.338 e. The third-order valence-corrected chi connectivity index (χ3v) is 5.02. The summed E-state index contributed by atoms with van der Waals surface area (Å²) in [6.45, 7) is 9.93. The number of hydrogen-bond donors (Lipinski definition) is 2. The van der Waals surface area contributed by atoms with Crippen molar-refractivity contribution in [1.82, 2.24) is 10.6 Å². The molecule has 34 heavy (non-hydrogen) atoms. The molecule has 1 atom stereocenters. The number of urea groups is 1. The fourth-order valence-electron chi connectivity index (χ4n) is 3.52. The average molecular weight is 478 g/mol. The molecule has 0 bridgehead atoms. The highest BCUT2D eigenvalue weighted by atomic mass is 16.6. The average Bonchev–Trinajstić information content (AvgIpc) is 2.78. The molecule has 0 fully saturated rings. The van der Waals surface area contributed by atoms with Crippen molar-refractivity contribution >= 4 is 17.7 Å². The van der Waals surface area contributed by atoms with E-state index in [9.17, 15) is 19.7 Å². The summed E-state index contributed by atoms with van der Waals surface area (Å²) in [5.41, 5.74) is 0.673. The van der Waals surface area contributed by atoms with Crippen LogP contribution >= 0.6 is 0 Å². The van der Waals surface area contributed by atoms with E-state index in [1.165, 1.54) is 12.1 Å². The molecule has 1 aromatic carbocycles. The van der Waals surface area contributed by atoms with E-state index in [1.807, 2.05) is 20.8 Å². The maximum absolute atomic E-state index is 13.2. The number of nitrogens with one attached hydrogen (secondary N) is 2. The van der Waals surface area contributed by atoms with Crippen LogP contribution in [0, 0.1) is 10.1 Å². The van der Waals surface area contributed by atoms with Crippen LogP contribution in [-0.4, -0.2) is 36.2 Å². The zero-order valence-electron chi connectivity index (χ0n) is 20.6. The summed E-state index contributed by atoms with van der Waals surface area (Å²) in [6.07, 6.45) is 3.02. The first kappa shape index (κ1) is 26.9. The maximum Gasteiger partial charge on any atom is 0.338 e. The maximum atomic E-state index is 13.2. The van der Waals surface area contributed by atoms with Gasteiger partial charge in [0.2, 0.25) is 5.75 Å². The van der Waals surface area contributed by atoms with Crippen LogP contribution in [0.25, 0.3) is 0 Å². The Morgan fingerprint density at radius 2 is 1.74 bits per heavy atom. The number of benzene rings is 1. The van der Waals surface area contributed by atoms with Gasteiger partial charge < -0.3 is 24.8 Å². The van der Waals surface area contributed by atoms with Crippen LogP contribution in [0.15, 0.2) is 23.4 Å². The molecule has 2 N–H and O–H groups in total. The molecule has 2 rings (SSSR count). The van der Waals surface area contributed by atoms with Gasteiger partial charge in [-0.15, -0.1) is 0 Å². The fourth-order valence-corrected chi connectivity index (χ4v) is 3.52. The molecule has 1 aromatic rings. The molecule has 1 aliphatic heterocycles. The van der Waals surface area contributed by atoms with E-state index in [0.29, 0.717) is 49.5 Å². The zero-order valence-corrected chi connectivity index (χ0v) is 20.6. The number of unbranched alkanes of at least 4 members (excludes halogenated alkanes) is 1. The van der Waals surface area contributed by atoms with Gasteiger partial charge in [0, 0.05) is 23.4 Å². The normalized spacial score (nSPS) is 15.6. The van der Waals surface area contributed by atoms with Crippen molar-refractivity contribution in [2.24, 2.45) is 0 Å². The molecule has 0 saturated heterocycles. The lowest BCUT2D eigenvalue weighted by molar-refractivity contribution is -0.386. The van der Waals surface area contributed by atoms with Crippen LogP contribution in [0.3, 0.4) is 0 Å². The SMILES string of the molecule is CCCCC1=C(C(=O)OC(C)C)C(c2cc([N+](=O)[O-])c(OCCC)cc2OCCC)NC(=O)N1. The number of rotatable bonds is 13. The van der Waals surface area contributed by atoms with Crippen LogP contribution in [0.5, 0.6) is 11.5 Å². The highest BCUT2D eigenvalue weighted by Gasteiger charge is 2.37. The molecule has 0 aliphatic carbocycles. The van der Waals surface area contributed by atoms with Gasteiger partial charge in [-0.1, -0.05) is 27.2 Å². The molecule has 1 unspecified atom stereocenters. The first-order valence-corrected chi connectivity index (χ1v) is 11.8. The summed E-state index contributed by atoms with van der Waals surface area (Å²) in [5, 5.41) is 17.3. The Balaban J connectivity index is 2.72. The summed E-state index contributed by atoms with van der Waals surface area (Å²) in [5.74, 6) is -0.229. The van der Waals surface area contributed by atoms with Gasteiger partial charge in [-0.2, -0.15) is 0 Å². The summed E-state index contributed by atoms with van der Waals surface area (Å²) < 4.78 is 17.0. The Labute approximate surface area is 200 Å². The first-order valence-electron chi connectivity index (χ1n) is 11.8. The summed E-state index contributed by atoms with van der Waals surface area (Å²) in [7, 11) is 0. The van der Waals surface area contributed by atoms with Crippen LogP contribution < -0.4 is 20.1 Å². The molecule has 0 spiro atoms. The molecular formula is C24H35N3O7. The predicted octanol–water partition coefficient (Wildman–Crippen LogP) is 4.92. The van der Waals surface area contributed by atoms with Crippen LogP contribution in [0.2, 0.25) is 0 Å². The number of hydrogen-bond acceptors (Lipinski definition) is 7. The molecule has 1 aliphatic rings. The Morgan fingerprint density at radius 3 is 2.29 bits per heavy atom. The molecule has 188 valence electrons. The van der Waals surface area contributed by atoms with E-state index in [0.717, 1.165) is 12.8 Å². The second-order valence-corrected chi connectivity index (χ2v) is 8.29. The lowest BCUT2D eigenvalue weighted by atomic mass is 9.92. The minimum Gasteiger partial charge on any atom is -0.493 e. The number of nitro benzene ring substituents is 1. The topological polar surface area (TPSA) is 129 Å². The van der Waals surface area contributed by atoms with Crippen LogP contribution in [-0.2, 0) is 9.53 Å². The third-order valence-electron chi connectivity index (χ3n) is 5.02. The van der Waals surface area contributed by atoms with Gasteiger partial charge in [0.25, 0.3) is 0 Å². The second-order valence-electron chi connectivity index (χ2n) is 8.29. The summed E-state index contributed by atoms with van der Waals surface area (Å²) in [4.78, 5) is 37.0. The van der Waals surface area contributed by atoms with Crippen molar-refractivity contribution < 1.29 is 28.7 Å².